The highest BCUT2D eigenvalue weighted by Gasteiger charge is 2.05. The van der Waals surface area contributed by atoms with Gasteiger partial charge in [-0.2, -0.15) is 0 Å². The Bertz CT molecular complexity index is 310. The van der Waals surface area contributed by atoms with Crippen molar-refractivity contribution in [2.24, 2.45) is 5.73 Å². The highest BCUT2D eigenvalue weighted by molar-refractivity contribution is 5.95. The van der Waals surface area contributed by atoms with E-state index in [0.717, 1.165) is 24.1 Å². The fraction of sp³-hybridized carbons (Fsp3) is 0.455. The monoisotopic (exact) mass is 192 g/mol. The van der Waals surface area contributed by atoms with Gasteiger partial charge in [0.1, 0.15) is 0 Å². The molecule has 0 aliphatic carbocycles. The molecule has 0 unspecified atom stereocenters. The third kappa shape index (κ3) is 2.92. The molecule has 14 heavy (non-hydrogen) atoms. The number of carbonyl (C=O) groups excluding carboxylic acids is 1. The summed E-state index contributed by atoms with van der Waals surface area (Å²) >= 11 is 0. The minimum atomic E-state index is 0.184. The summed E-state index contributed by atoms with van der Waals surface area (Å²) in [5.74, 6) is 0.184. The number of aromatic nitrogens is 1. The third-order valence-corrected chi connectivity index (χ3v) is 2.11. The number of Topliss-reactive ketones (excluding diaryl/α,β-unsaturated/α-hetero) is 1. The van der Waals surface area contributed by atoms with E-state index in [-0.39, 0.29) is 5.78 Å². The number of nitrogens with two attached hydrogens (primary N) is 1. The number of rotatable bonds is 5. The van der Waals surface area contributed by atoms with Crippen molar-refractivity contribution in [1.29, 1.82) is 0 Å². The molecule has 76 valence electrons. The molecule has 3 heteroatoms. The van der Waals surface area contributed by atoms with Gasteiger partial charge in [0.2, 0.25) is 0 Å². The van der Waals surface area contributed by atoms with Gasteiger partial charge in [-0.15, -0.1) is 0 Å². The van der Waals surface area contributed by atoms with Gasteiger partial charge in [0.15, 0.2) is 5.78 Å². The maximum absolute atomic E-state index is 11.6. The second-order valence-electron chi connectivity index (χ2n) is 3.27. The smallest absolute Gasteiger partial charge is 0.162 e. The Morgan fingerprint density at radius 3 is 3.00 bits per heavy atom. The Morgan fingerprint density at radius 1 is 1.57 bits per heavy atom. The standard InChI is InChI=1S/C11H16N2O/c1-2-3-4-11(14)9-5-6-13-10(7-9)8-12/h5-7H,2-4,8,12H2,1H3. The Morgan fingerprint density at radius 2 is 2.36 bits per heavy atom. The normalized spacial score (nSPS) is 10.1. The Kier molecular flexibility index (Phi) is 4.26. The predicted octanol–water partition coefficient (Wildman–Crippen LogP) is 1.91. The fourth-order valence-corrected chi connectivity index (χ4v) is 1.24. The van der Waals surface area contributed by atoms with Crippen molar-refractivity contribution in [3.05, 3.63) is 29.6 Å². The van der Waals surface area contributed by atoms with Gasteiger partial charge in [0, 0.05) is 24.7 Å². The second kappa shape index (κ2) is 5.50. The number of pyridine rings is 1. The van der Waals surface area contributed by atoms with E-state index < -0.39 is 0 Å². The van der Waals surface area contributed by atoms with Crippen molar-refractivity contribution in [2.75, 3.05) is 0 Å². The predicted molar refractivity (Wildman–Crippen MR) is 56.0 cm³/mol. The molecule has 1 heterocycles. The molecule has 0 aromatic carbocycles. The lowest BCUT2D eigenvalue weighted by molar-refractivity contribution is 0.0979. The summed E-state index contributed by atoms with van der Waals surface area (Å²) in [5.41, 5.74) is 6.95. The largest absolute Gasteiger partial charge is 0.325 e. The number of ketones is 1. The van der Waals surface area contributed by atoms with Crippen LogP contribution in [0.1, 0.15) is 42.2 Å². The molecule has 0 aliphatic heterocycles. The summed E-state index contributed by atoms with van der Waals surface area (Å²) in [7, 11) is 0. The van der Waals surface area contributed by atoms with E-state index in [1.165, 1.54) is 0 Å². The van der Waals surface area contributed by atoms with E-state index >= 15 is 0 Å². The average molecular weight is 192 g/mol. The van der Waals surface area contributed by atoms with E-state index in [2.05, 4.69) is 11.9 Å². The molecule has 3 nitrogen and oxygen atoms in total. The van der Waals surface area contributed by atoms with Crippen LogP contribution in [0.25, 0.3) is 0 Å². The van der Waals surface area contributed by atoms with Crippen LogP contribution in [-0.4, -0.2) is 10.8 Å². The summed E-state index contributed by atoms with van der Waals surface area (Å²) < 4.78 is 0. The van der Waals surface area contributed by atoms with Crippen molar-refractivity contribution in [3.8, 4) is 0 Å². The Hall–Kier alpha value is -1.22. The summed E-state index contributed by atoms with van der Waals surface area (Å²) in [5, 5.41) is 0. The number of hydrogen-bond donors (Lipinski definition) is 1. The second-order valence-corrected chi connectivity index (χ2v) is 3.27. The zero-order chi connectivity index (χ0) is 10.4. The van der Waals surface area contributed by atoms with E-state index in [9.17, 15) is 4.79 Å². The molecule has 0 fully saturated rings. The molecule has 1 aromatic heterocycles. The maximum atomic E-state index is 11.6. The topological polar surface area (TPSA) is 56.0 Å². The molecule has 0 bridgehead atoms. The minimum Gasteiger partial charge on any atom is -0.325 e. The SMILES string of the molecule is CCCCC(=O)c1ccnc(CN)c1. The van der Waals surface area contributed by atoms with Gasteiger partial charge in [0.05, 0.1) is 5.69 Å². The van der Waals surface area contributed by atoms with Crippen molar-refractivity contribution < 1.29 is 4.79 Å². The molecular formula is C11H16N2O. The molecule has 0 atom stereocenters. The first-order valence-corrected chi connectivity index (χ1v) is 4.96. The van der Waals surface area contributed by atoms with Crippen LogP contribution < -0.4 is 5.73 Å². The van der Waals surface area contributed by atoms with Gasteiger partial charge in [-0.05, 0) is 18.6 Å². The van der Waals surface area contributed by atoms with Crippen LogP contribution in [0.5, 0.6) is 0 Å². The fourth-order valence-electron chi connectivity index (χ4n) is 1.24. The van der Waals surface area contributed by atoms with Crippen molar-refractivity contribution in [3.63, 3.8) is 0 Å². The zero-order valence-corrected chi connectivity index (χ0v) is 8.49. The van der Waals surface area contributed by atoms with Crippen molar-refractivity contribution in [1.82, 2.24) is 4.98 Å². The van der Waals surface area contributed by atoms with Crippen LogP contribution in [0.4, 0.5) is 0 Å². The van der Waals surface area contributed by atoms with E-state index in [4.69, 9.17) is 5.73 Å². The lowest BCUT2D eigenvalue weighted by atomic mass is 10.1. The highest BCUT2D eigenvalue weighted by Crippen LogP contribution is 2.07. The molecule has 0 aliphatic rings. The van der Waals surface area contributed by atoms with E-state index in [1.54, 1.807) is 18.3 Å². The molecule has 2 N–H and O–H groups in total. The van der Waals surface area contributed by atoms with Gasteiger partial charge in [-0.3, -0.25) is 9.78 Å². The minimum absolute atomic E-state index is 0.184. The van der Waals surface area contributed by atoms with E-state index in [0.29, 0.717) is 13.0 Å². The van der Waals surface area contributed by atoms with Crippen LogP contribution in [0.2, 0.25) is 0 Å². The first-order valence-electron chi connectivity index (χ1n) is 4.96. The number of carbonyl (C=O) groups is 1. The Balaban J connectivity index is 2.69. The first-order chi connectivity index (χ1) is 6.77. The van der Waals surface area contributed by atoms with Gasteiger partial charge in [0.25, 0.3) is 0 Å². The van der Waals surface area contributed by atoms with Crippen LogP contribution in [0.3, 0.4) is 0 Å². The zero-order valence-electron chi connectivity index (χ0n) is 8.49. The summed E-state index contributed by atoms with van der Waals surface area (Å²) in [4.78, 5) is 15.6. The average Bonchev–Trinajstić information content (AvgIpc) is 2.26. The molecule has 1 aromatic rings. The van der Waals surface area contributed by atoms with Crippen LogP contribution >= 0.6 is 0 Å². The number of hydrogen-bond acceptors (Lipinski definition) is 3. The molecule has 0 saturated heterocycles. The van der Waals surface area contributed by atoms with Gasteiger partial charge < -0.3 is 5.73 Å². The molecule has 1 rings (SSSR count). The molecule has 0 saturated carbocycles. The lowest BCUT2D eigenvalue weighted by Crippen LogP contribution is -2.04. The van der Waals surface area contributed by atoms with Crippen LogP contribution in [0.15, 0.2) is 18.3 Å². The number of unbranched alkanes of at least 4 members (excludes halogenated alkanes) is 1. The molecule has 0 amide bonds. The summed E-state index contributed by atoms with van der Waals surface area (Å²) in [6, 6.07) is 3.52. The van der Waals surface area contributed by atoms with Gasteiger partial charge in [-0.25, -0.2) is 0 Å². The summed E-state index contributed by atoms with van der Waals surface area (Å²) in [6.45, 7) is 2.46. The lowest BCUT2D eigenvalue weighted by Gasteiger charge is -2.01. The molecule has 0 radical (unpaired) electrons. The van der Waals surface area contributed by atoms with Crippen molar-refractivity contribution >= 4 is 5.78 Å². The molecule has 0 spiro atoms. The van der Waals surface area contributed by atoms with Crippen molar-refractivity contribution in [2.45, 2.75) is 32.7 Å². The molecular weight excluding hydrogens is 176 g/mol. The van der Waals surface area contributed by atoms with Crippen LogP contribution in [-0.2, 0) is 6.54 Å². The Labute approximate surface area is 84.3 Å². The van der Waals surface area contributed by atoms with Crippen LogP contribution in [0, 0.1) is 0 Å². The van der Waals surface area contributed by atoms with E-state index in [1.807, 2.05) is 0 Å². The number of nitrogens with zero attached hydrogens (tertiary/aromatic N) is 1. The maximum Gasteiger partial charge on any atom is 0.162 e. The first kappa shape index (κ1) is 10.9. The van der Waals surface area contributed by atoms with Gasteiger partial charge >= 0.3 is 0 Å². The summed E-state index contributed by atoms with van der Waals surface area (Å²) in [6.07, 6.45) is 4.24. The third-order valence-electron chi connectivity index (χ3n) is 2.11. The van der Waals surface area contributed by atoms with Gasteiger partial charge in [-0.1, -0.05) is 13.3 Å². The highest BCUT2D eigenvalue weighted by atomic mass is 16.1. The quantitative estimate of drug-likeness (QED) is 0.725.